The molecule has 0 amide bonds. The number of anilines is 2. The first-order valence-electron chi connectivity index (χ1n) is 11.1. The Morgan fingerprint density at radius 2 is 1.91 bits per heavy atom. The third-order valence-corrected chi connectivity index (χ3v) is 5.76. The van der Waals surface area contributed by atoms with Crippen molar-refractivity contribution in [3.05, 3.63) is 78.4 Å². The molecule has 2 aromatic heterocycles. The third kappa shape index (κ3) is 5.79. The molecule has 1 aliphatic rings. The van der Waals surface area contributed by atoms with Crippen LogP contribution in [0.4, 0.5) is 11.6 Å². The van der Waals surface area contributed by atoms with Gasteiger partial charge in [-0.25, -0.2) is 15.8 Å². The zero-order valence-electron chi connectivity index (χ0n) is 19.3. The van der Waals surface area contributed by atoms with Crippen LogP contribution in [-0.4, -0.2) is 60.2 Å². The van der Waals surface area contributed by atoms with Gasteiger partial charge in [-0.2, -0.15) is 0 Å². The van der Waals surface area contributed by atoms with Crippen molar-refractivity contribution >= 4 is 28.1 Å². The van der Waals surface area contributed by atoms with Crippen molar-refractivity contribution in [2.24, 2.45) is 11.6 Å². The fourth-order valence-corrected chi connectivity index (χ4v) is 3.93. The van der Waals surface area contributed by atoms with E-state index in [0.717, 1.165) is 59.8 Å². The molecule has 4 rings (SSSR count). The first kappa shape index (κ1) is 22.6. The number of hydrogen-bond acceptors (Lipinski definition) is 8. The number of hydrazine groups is 1. The summed E-state index contributed by atoms with van der Waals surface area (Å²) in [6.07, 6.45) is 6.11. The molecule has 8 nitrogen and oxygen atoms in total. The minimum atomic E-state index is 0.603. The predicted octanol–water partition coefficient (Wildman–Crippen LogP) is 2.61. The number of hydrogen-bond donors (Lipinski definition) is 3. The van der Waals surface area contributed by atoms with E-state index in [1.54, 1.807) is 13.2 Å². The highest BCUT2D eigenvalue weighted by Crippen LogP contribution is 2.22. The summed E-state index contributed by atoms with van der Waals surface area (Å²) >= 11 is 0. The molecule has 3 heterocycles. The Labute approximate surface area is 195 Å². The molecule has 172 valence electrons. The number of rotatable bonds is 7. The van der Waals surface area contributed by atoms with Crippen molar-refractivity contribution in [3.63, 3.8) is 0 Å². The maximum atomic E-state index is 6.15. The Balaban J connectivity index is 1.45. The molecule has 3 aromatic rings. The molecule has 1 aliphatic heterocycles. The van der Waals surface area contributed by atoms with E-state index >= 15 is 0 Å². The van der Waals surface area contributed by atoms with E-state index < -0.39 is 0 Å². The monoisotopic (exact) mass is 444 g/mol. The molecule has 0 saturated carbocycles. The lowest BCUT2D eigenvalue weighted by molar-refractivity contribution is 0.312. The van der Waals surface area contributed by atoms with E-state index in [1.165, 1.54) is 10.6 Å². The summed E-state index contributed by atoms with van der Waals surface area (Å²) in [5.74, 6) is 7.45. The van der Waals surface area contributed by atoms with Crippen LogP contribution in [0.5, 0.6) is 0 Å². The molecule has 8 heteroatoms. The van der Waals surface area contributed by atoms with Crippen LogP contribution in [0, 0.1) is 0 Å². The zero-order chi connectivity index (χ0) is 23.4. The summed E-state index contributed by atoms with van der Waals surface area (Å²) in [6, 6.07) is 12.2. The molecule has 0 radical (unpaired) electrons. The van der Waals surface area contributed by atoms with E-state index in [1.807, 2.05) is 42.7 Å². The summed E-state index contributed by atoms with van der Waals surface area (Å²) in [5.41, 5.74) is 9.70. The van der Waals surface area contributed by atoms with Crippen LogP contribution in [0.15, 0.2) is 67.3 Å². The van der Waals surface area contributed by atoms with E-state index in [0.29, 0.717) is 12.1 Å². The number of benzene rings is 1. The fourth-order valence-electron chi connectivity index (χ4n) is 3.93. The maximum absolute atomic E-state index is 6.15. The average Bonchev–Trinajstić information content (AvgIpc) is 2.78. The van der Waals surface area contributed by atoms with Gasteiger partial charge in [-0.3, -0.25) is 0 Å². The van der Waals surface area contributed by atoms with Gasteiger partial charge in [-0.1, -0.05) is 18.7 Å². The molecule has 0 bridgehead atoms. The minimum Gasteiger partial charge on any atom is -0.397 e. The van der Waals surface area contributed by atoms with Gasteiger partial charge in [0.15, 0.2) is 0 Å². The minimum absolute atomic E-state index is 0.603. The number of allylic oxidation sites excluding steroid dienone is 1. The molecule has 1 aromatic carbocycles. The third-order valence-electron chi connectivity index (χ3n) is 5.76. The smallest absolute Gasteiger partial charge is 0.130 e. The van der Waals surface area contributed by atoms with Gasteiger partial charge in [0, 0.05) is 69.3 Å². The van der Waals surface area contributed by atoms with Crippen LogP contribution in [0.25, 0.3) is 16.5 Å². The van der Waals surface area contributed by atoms with Crippen LogP contribution in [0.3, 0.4) is 0 Å². The van der Waals surface area contributed by atoms with Gasteiger partial charge in [0.25, 0.3) is 0 Å². The van der Waals surface area contributed by atoms with Gasteiger partial charge in [0.05, 0.1) is 5.70 Å². The highest BCUT2D eigenvalue weighted by molar-refractivity contribution is 5.87. The molecule has 0 atom stereocenters. The molecule has 1 saturated heterocycles. The highest BCUT2D eigenvalue weighted by atomic mass is 15.4. The Kier molecular flexibility index (Phi) is 6.76. The van der Waals surface area contributed by atoms with E-state index in [9.17, 15) is 0 Å². The molecular formula is C25H32N8. The standard InChI is InChI=1S/C25H32N8/c1-18(12-19-6-7-28-25(13-19)33-10-8-31(2)9-11-33)30-24-15-22-14-20(23(26)17-32(3)27)4-5-21(22)16-29-24/h4-7,13-17H,1,8-12,26-27H2,2-3H3,(H,29,30)/b23-17-. The van der Waals surface area contributed by atoms with Crippen molar-refractivity contribution in [2.45, 2.75) is 6.42 Å². The van der Waals surface area contributed by atoms with Crippen molar-refractivity contribution in [3.8, 4) is 0 Å². The summed E-state index contributed by atoms with van der Waals surface area (Å²) in [6.45, 7) is 8.32. The fraction of sp³-hybridized carbons (Fsp3) is 0.280. The van der Waals surface area contributed by atoms with Gasteiger partial charge in [-0.05, 0) is 47.8 Å². The summed E-state index contributed by atoms with van der Waals surface area (Å²) < 4.78 is 0. The first-order valence-corrected chi connectivity index (χ1v) is 11.1. The normalized spacial score (nSPS) is 15.0. The molecule has 0 aliphatic carbocycles. The van der Waals surface area contributed by atoms with Crippen molar-refractivity contribution in [1.29, 1.82) is 0 Å². The van der Waals surface area contributed by atoms with Crippen LogP contribution < -0.4 is 21.8 Å². The first-order chi connectivity index (χ1) is 15.9. The van der Waals surface area contributed by atoms with E-state index in [2.05, 4.69) is 44.8 Å². The summed E-state index contributed by atoms with van der Waals surface area (Å²) in [7, 11) is 3.89. The quantitative estimate of drug-likeness (QED) is 0.378. The second-order valence-electron chi connectivity index (χ2n) is 8.60. The molecule has 0 unspecified atom stereocenters. The molecular weight excluding hydrogens is 412 g/mol. The number of nitrogens with zero attached hydrogens (tertiary/aromatic N) is 5. The molecule has 33 heavy (non-hydrogen) atoms. The Bertz CT molecular complexity index is 1160. The number of likely N-dealkylation sites (N-methyl/N-ethyl adjacent to an activating group) is 1. The van der Waals surface area contributed by atoms with Gasteiger partial charge in [-0.15, -0.1) is 0 Å². The predicted molar refractivity (Wildman–Crippen MR) is 136 cm³/mol. The van der Waals surface area contributed by atoms with Crippen molar-refractivity contribution in [2.75, 3.05) is 50.5 Å². The van der Waals surface area contributed by atoms with Gasteiger partial charge in [0.1, 0.15) is 11.6 Å². The second kappa shape index (κ2) is 9.89. The topological polar surface area (TPSA) is 99.6 Å². The Morgan fingerprint density at radius 1 is 1.12 bits per heavy atom. The van der Waals surface area contributed by atoms with Gasteiger partial charge < -0.3 is 25.9 Å². The van der Waals surface area contributed by atoms with Crippen molar-refractivity contribution < 1.29 is 0 Å². The molecule has 0 spiro atoms. The Morgan fingerprint density at radius 3 is 2.67 bits per heavy atom. The lowest BCUT2D eigenvalue weighted by atomic mass is 10.1. The molecule has 5 N–H and O–H groups in total. The maximum Gasteiger partial charge on any atom is 0.130 e. The number of piperazine rings is 1. The van der Waals surface area contributed by atoms with Gasteiger partial charge >= 0.3 is 0 Å². The van der Waals surface area contributed by atoms with Crippen LogP contribution in [0.2, 0.25) is 0 Å². The summed E-state index contributed by atoms with van der Waals surface area (Å²) in [4.78, 5) is 13.8. The van der Waals surface area contributed by atoms with Crippen LogP contribution in [-0.2, 0) is 6.42 Å². The largest absolute Gasteiger partial charge is 0.397 e. The highest BCUT2D eigenvalue weighted by Gasteiger charge is 2.15. The van der Waals surface area contributed by atoms with Crippen molar-refractivity contribution in [1.82, 2.24) is 19.9 Å². The SMILES string of the molecule is C=C(Cc1ccnc(N2CCN(C)CC2)c1)Nc1cc2cc(/C(N)=C/N(C)N)ccc2cn1. The number of pyridine rings is 2. The summed E-state index contributed by atoms with van der Waals surface area (Å²) in [5, 5.41) is 6.86. The van der Waals surface area contributed by atoms with Crippen LogP contribution in [0.1, 0.15) is 11.1 Å². The number of nitrogens with one attached hydrogen (secondary N) is 1. The van der Waals surface area contributed by atoms with Gasteiger partial charge in [0.2, 0.25) is 0 Å². The Hall–Kier alpha value is -3.62. The number of fused-ring (bicyclic) bond motifs is 1. The number of nitrogens with two attached hydrogens (primary N) is 2. The lowest BCUT2D eigenvalue weighted by Crippen LogP contribution is -2.44. The number of aromatic nitrogens is 2. The molecule has 1 fully saturated rings. The van der Waals surface area contributed by atoms with Crippen LogP contribution >= 0.6 is 0 Å². The zero-order valence-corrected chi connectivity index (χ0v) is 19.3. The second-order valence-corrected chi connectivity index (χ2v) is 8.60. The van der Waals surface area contributed by atoms with E-state index in [4.69, 9.17) is 11.6 Å². The lowest BCUT2D eigenvalue weighted by Gasteiger charge is -2.33. The average molecular weight is 445 g/mol. The van der Waals surface area contributed by atoms with E-state index in [-0.39, 0.29) is 0 Å².